The van der Waals surface area contributed by atoms with Crippen molar-refractivity contribution >= 4 is 0 Å². The van der Waals surface area contributed by atoms with Crippen molar-refractivity contribution in [3.05, 3.63) is 29.8 Å². The summed E-state index contributed by atoms with van der Waals surface area (Å²) in [6.07, 6.45) is 0. The van der Waals surface area contributed by atoms with E-state index in [9.17, 15) is 0 Å². The van der Waals surface area contributed by atoms with Crippen LogP contribution in [0.5, 0.6) is 5.75 Å². The second kappa shape index (κ2) is 8.95. The van der Waals surface area contributed by atoms with Gasteiger partial charge < -0.3 is 15.2 Å². The minimum absolute atomic E-state index is 0.209. The summed E-state index contributed by atoms with van der Waals surface area (Å²) in [4.78, 5) is 2.37. The van der Waals surface area contributed by atoms with Crippen molar-refractivity contribution in [2.45, 2.75) is 32.9 Å². The minimum atomic E-state index is 0.209. The Labute approximate surface area is 122 Å². The molecule has 0 amide bonds. The molecule has 0 radical (unpaired) electrons. The lowest BCUT2D eigenvalue weighted by molar-refractivity contribution is 0.0979. The van der Waals surface area contributed by atoms with Crippen LogP contribution in [0.3, 0.4) is 0 Å². The summed E-state index contributed by atoms with van der Waals surface area (Å²) in [7, 11) is 1.73. The number of hydrogen-bond donors (Lipinski definition) is 1. The molecule has 0 aliphatic heterocycles. The number of methoxy groups -OCH3 is 1. The topological polar surface area (TPSA) is 47.7 Å². The molecular formula is C16H28N2O2. The summed E-state index contributed by atoms with van der Waals surface area (Å²) in [6.45, 7) is 9.23. The van der Waals surface area contributed by atoms with E-state index in [1.165, 1.54) is 5.56 Å². The zero-order valence-corrected chi connectivity index (χ0v) is 13.1. The lowest BCUT2D eigenvalue weighted by Gasteiger charge is -2.34. The fourth-order valence-corrected chi connectivity index (χ4v) is 2.39. The van der Waals surface area contributed by atoms with E-state index in [-0.39, 0.29) is 6.04 Å². The lowest BCUT2D eigenvalue weighted by atomic mass is 10.0. The van der Waals surface area contributed by atoms with Gasteiger partial charge in [0.25, 0.3) is 0 Å². The monoisotopic (exact) mass is 280 g/mol. The van der Waals surface area contributed by atoms with Gasteiger partial charge in [-0.05, 0) is 38.5 Å². The molecule has 0 saturated carbocycles. The van der Waals surface area contributed by atoms with Gasteiger partial charge in [0.1, 0.15) is 5.75 Å². The van der Waals surface area contributed by atoms with Gasteiger partial charge >= 0.3 is 0 Å². The molecule has 2 N–H and O–H groups in total. The summed E-state index contributed by atoms with van der Waals surface area (Å²) in [5.74, 6) is 0.903. The van der Waals surface area contributed by atoms with Crippen molar-refractivity contribution in [2.24, 2.45) is 5.73 Å². The highest BCUT2D eigenvalue weighted by molar-refractivity contribution is 5.29. The van der Waals surface area contributed by atoms with Gasteiger partial charge in [0.15, 0.2) is 0 Å². The van der Waals surface area contributed by atoms with Gasteiger partial charge in [-0.25, -0.2) is 0 Å². The normalized spacial score (nSPS) is 12.9. The highest BCUT2D eigenvalue weighted by Crippen LogP contribution is 2.24. The molecule has 1 atom stereocenters. The number of benzene rings is 1. The first-order valence-corrected chi connectivity index (χ1v) is 7.31. The molecular weight excluding hydrogens is 252 g/mol. The van der Waals surface area contributed by atoms with Gasteiger partial charge in [0, 0.05) is 32.3 Å². The standard InChI is InChI=1S/C16H28N2O2/c1-5-20-15-8-6-14(7-9-15)16(12-17)18(13(2)3)10-11-19-4/h6-9,13,16H,5,10-12,17H2,1-4H3. The molecule has 0 heterocycles. The zero-order valence-electron chi connectivity index (χ0n) is 13.1. The highest BCUT2D eigenvalue weighted by atomic mass is 16.5. The van der Waals surface area contributed by atoms with Crippen LogP contribution in [0.25, 0.3) is 0 Å². The van der Waals surface area contributed by atoms with Crippen LogP contribution in [0, 0.1) is 0 Å². The van der Waals surface area contributed by atoms with Crippen molar-refractivity contribution < 1.29 is 9.47 Å². The summed E-state index contributed by atoms with van der Waals surface area (Å²) in [6, 6.07) is 8.85. The van der Waals surface area contributed by atoms with E-state index in [0.29, 0.717) is 25.8 Å². The van der Waals surface area contributed by atoms with Gasteiger partial charge in [-0.1, -0.05) is 12.1 Å². The maximum Gasteiger partial charge on any atom is 0.119 e. The summed E-state index contributed by atoms with van der Waals surface area (Å²) < 4.78 is 10.7. The van der Waals surface area contributed by atoms with Gasteiger partial charge in [-0.15, -0.1) is 0 Å². The SMILES string of the molecule is CCOc1ccc(C(CN)N(CCOC)C(C)C)cc1. The smallest absolute Gasteiger partial charge is 0.119 e. The zero-order chi connectivity index (χ0) is 15.0. The lowest BCUT2D eigenvalue weighted by Crippen LogP contribution is -2.40. The average molecular weight is 280 g/mol. The average Bonchev–Trinajstić information content (AvgIpc) is 2.44. The van der Waals surface area contributed by atoms with Crippen LogP contribution in [0.4, 0.5) is 0 Å². The van der Waals surface area contributed by atoms with E-state index in [0.717, 1.165) is 12.3 Å². The molecule has 20 heavy (non-hydrogen) atoms. The summed E-state index contributed by atoms with van der Waals surface area (Å²) >= 11 is 0. The fourth-order valence-electron chi connectivity index (χ4n) is 2.39. The predicted molar refractivity (Wildman–Crippen MR) is 83.1 cm³/mol. The Hall–Kier alpha value is -1.10. The van der Waals surface area contributed by atoms with Crippen LogP contribution < -0.4 is 10.5 Å². The highest BCUT2D eigenvalue weighted by Gasteiger charge is 2.21. The number of nitrogens with zero attached hydrogens (tertiary/aromatic N) is 1. The van der Waals surface area contributed by atoms with Crippen LogP contribution >= 0.6 is 0 Å². The first kappa shape index (κ1) is 17.0. The molecule has 0 aromatic heterocycles. The molecule has 0 aliphatic carbocycles. The van der Waals surface area contributed by atoms with Crippen LogP contribution in [0.2, 0.25) is 0 Å². The molecule has 1 rings (SSSR count). The van der Waals surface area contributed by atoms with Crippen LogP contribution in [-0.4, -0.2) is 44.4 Å². The van der Waals surface area contributed by atoms with Gasteiger partial charge in [-0.2, -0.15) is 0 Å². The molecule has 4 heteroatoms. The van der Waals surface area contributed by atoms with Crippen molar-refractivity contribution in [1.29, 1.82) is 0 Å². The van der Waals surface area contributed by atoms with E-state index in [1.807, 2.05) is 19.1 Å². The number of hydrogen-bond acceptors (Lipinski definition) is 4. The Balaban J connectivity index is 2.85. The first-order chi connectivity index (χ1) is 9.63. The summed E-state index contributed by atoms with van der Waals surface area (Å²) in [5, 5.41) is 0. The largest absolute Gasteiger partial charge is 0.494 e. The molecule has 114 valence electrons. The van der Waals surface area contributed by atoms with Crippen LogP contribution in [-0.2, 0) is 4.74 Å². The van der Waals surface area contributed by atoms with Gasteiger partial charge in [0.2, 0.25) is 0 Å². The summed E-state index contributed by atoms with van der Waals surface area (Å²) in [5.41, 5.74) is 7.22. The van der Waals surface area contributed by atoms with Gasteiger partial charge in [0.05, 0.1) is 13.2 Å². The maximum absolute atomic E-state index is 6.00. The van der Waals surface area contributed by atoms with E-state index in [1.54, 1.807) is 7.11 Å². The molecule has 1 aromatic carbocycles. The number of nitrogens with two attached hydrogens (primary N) is 1. The Morgan fingerprint density at radius 3 is 2.30 bits per heavy atom. The Morgan fingerprint density at radius 2 is 1.85 bits per heavy atom. The van der Waals surface area contributed by atoms with Crippen molar-refractivity contribution in [2.75, 3.05) is 33.4 Å². The van der Waals surface area contributed by atoms with E-state index >= 15 is 0 Å². The Morgan fingerprint density at radius 1 is 1.20 bits per heavy atom. The Kier molecular flexibility index (Phi) is 7.59. The molecule has 0 spiro atoms. The fraction of sp³-hybridized carbons (Fsp3) is 0.625. The second-order valence-corrected chi connectivity index (χ2v) is 5.08. The van der Waals surface area contributed by atoms with E-state index in [2.05, 4.69) is 30.9 Å². The second-order valence-electron chi connectivity index (χ2n) is 5.08. The number of ether oxygens (including phenoxy) is 2. The van der Waals surface area contributed by atoms with Crippen molar-refractivity contribution in [1.82, 2.24) is 4.90 Å². The molecule has 4 nitrogen and oxygen atoms in total. The van der Waals surface area contributed by atoms with Crippen LogP contribution in [0.15, 0.2) is 24.3 Å². The molecule has 0 aliphatic rings. The van der Waals surface area contributed by atoms with Gasteiger partial charge in [-0.3, -0.25) is 4.90 Å². The quantitative estimate of drug-likeness (QED) is 0.755. The van der Waals surface area contributed by atoms with Crippen molar-refractivity contribution in [3.8, 4) is 5.75 Å². The molecule has 1 aromatic rings. The third-order valence-corrected chi connectivity index (χ3v) is 3.42. The number of rotatable bonds is 9. The first-order valence-electron chi connectivity index (χ1n) is 7.31. The van der Waals surface area contributed by atoms with Crippen LogP contribution in [0.1, 0.15) is 32.4 Å². The Bertz CT molecular complexity index is 365. The van der Waals surface area contributed by atoms with E-state index in [4.69, 9.17) is 15.2 Å². The maximum atomic E-state index is 6.00. The third-order valence-electron chi connectivity index (χ3n) is 3.42. The molecule has 0 fully saturated rings. The van der Waals surface area contributed by atoms with E-state index < -0.39 is 0 Å². The third kappa shape index (κ3) is 4.78. The molecule has 0 saturated heterocycles. The molecule has 1 unspecified atom stereocenters. The van der Waals surface area contributed by atoms with Crippen molar-refractivity contribution in [3.63, 3.8) is 0 Å². The minimum Gasteiger partial charge on any atom is -0.494 e. The predicted octanol–water partition coefficient (Wildman–Crippen LogP) is 2.44. The molecule has 0 bridgehead atoms.